The first-order chi connectivity index (χ1) is 6.77. The van der Waals surface area contributed by atoms with Crippen LogP contribution in [0.2, 0.25) is 0 Å². The van der Waals surface area contributed by atoms with Gasteiger partial charge in [0.1, 0.15) is 0 Å². The second kappa shape index (κ2) is 5.89. The van der Waals surface area contributed by atoms with Crippen LogP contribution in [0, 0.1) is 5.92 Å². The Balaban J connectivity index is 2.35. The number of carbonyl (C=O) groups is 1. The molecule has 0 radical (unpaired) electrons. The fourth-order valence-corrected chi connectivity index (χ4v) is 2.09. The van der Waals surface area contributed by atoms with Crippen LogP contribution in [0.15, 0.2) is 0 Å². The maximum Gasteiger partial charge on any atom is 0.409 e. The van der Waals surface area contributed by atoms with Crippen molar-refractivity contribution in [2.75, 3.05) is 19.7 Å². The van der Waals surface area contributed by atoms with E-state index in [2.05, 4.69) is 6.92 Å². The second-order valence-electron chi connectivity index (χ2n) is 3.94. The number of carbonyl (C=O) groups excluding carboxylic acids is 1. The van der Waals surface area contributed by atoms with Gasteiger partial charge in [0.15, 0.2) is 0 Å². The number of piperidine rings is 1. The Bertz CT molecular complexity index is 180. The molecule has 1 aliphatic heterocycles. The number of rotatable bonds is 3. The molecule has 1 atom stereocenters. The van der Waals surface area contributed by atoms with E-state index in [4.69, 9.17) is 4.74 Å². The molecule has 1 heterocycles. The van der Waals surface area contributed by atoms with Crippen LogP contribution >= 0.6 is 0 Å². The van der Waals surface area contributed by atoms with Gasteiger partial charge in [0.25, 0.3) is 0 Å². The minimum absolute atomic E-state index is 0.131. The first-order valence-corrected chi connectivity index (χ1v) is 5.69. The molecule has 0 spiro atoms. The highest BCUT2D eigenvalue weighted by atomic mass is 16.6. The molecule has 0 aromatic carbocycles. The van der Waals surface area contributed by atoms with Gasteiger partial charge in [0.2, 0.25) is 0 Å². The molecule has 0 saturated carbocycles. The molecular weight excluding hydrogens is 178 g/mol. The van der Waals surface area contributed by atoms with Crippen LogP contribution in [0.4, 0.5) is 4.79 Å². The van der Waals surface area contributed by atoms with Crippen LogP contribution < -0.4 is 0 Å². The van der Waals surface area contributed by atoms with E-state index in [1.54, 1.807) is 0 Å². The molecule has 1 fully saturated rings. The Hall–Kier alpha value is -0.730. The van der Waals surface area contributed by atoms with Gasteiger partial charge >= 0.3 is 6.09 Å². The van der Waals surface area contributed by atoms with E-state index in [0.717, 1.165) is 19.5 Å². The lowest BCUT2D eigenvalue weighted by molar-refractivity contribution is 0.0870. The lowest BCUT2D eigenvalue weighted by Gasteiger charge is -2.31. The zero-order valence-electron chi connectivity index (χ0n) is 9.29. The minimum Gasteiger partial charge on any atom is -0.450 e. The van der Waals surface area contributed by atoms with Crippen LogP contribution in [0.1, 0.15) is 39.5 Å². The average Bonchev–Trinajstić information content (AvgIpc) is 2.19. The fraction of sp³-hybridized carbons (Fsp3) is 0.909. The molecule has 82 valence electrons. The Morgan fingerprint density at radius 2 is 2.29 bits per heavy atom. The van der Waals surface area contributed by atoms with Gasteiger partial charge in [0.05, 0.1) is 6.61 Å². The van der Waals surface area contributed by atoms with E-state index in [1.165, 1.54) is 19.3 Å². The first-order valence-electron chi connectivity index (χ1n) is 5.69. The third kappa shape index (κ3) is 3.20. The van der Waals surface area contributed by atoms with Crippen molar-refractivity contribution >= 4 is 6.09 Å². The summed E-state index contributed by atoms with van der Waals surface area (Å²) < 4.78 is 4.99. The molecule has 14 heavy (non-hydrogen) atoms. The second-order valence-corrected chi connectivity index (χ2v) is 3.94. The monoisotopic (exact) mass is 199 g/mol. The number of amides is 1. The van der Waals surface area contributed by atoms with Crippen molar-refractivity contribution in [3.63, 3.8) is 0 Å². The van der Waals surface area contributed by atoms with E-state index in [1.807, 2.05) is 11.8 Å². The topological polar surface area (TPSA) is 29.5 Å². The van der Waals surface area contributed by atoms with Crippen molar-refractivity contribution in [3.05, 3.63) is 0 Å². The van der Waals surface area contributed by atoms with Gasteiger partial charge in [-0.1, -0.05) is 13.3 Å². The minimum atomic E-state index is -0.131. The Kier molecular flexibility index (Phi) is 4.77. The Morgan fingerprint density at radius 1 is 1.50 bits per heavy atom. The largest absolute Gasteiger partial charge is 0.450 e. The molecule has 3 nitrogen and oxygen atoms in total. The predicted molar refractivity (Wildman–Crippen MR) is 56.2 cm³/mol. The molecule has 0 N–H and O–H groups in total. The van der Waals surface area contributed by atoms with Crippen molar-refractivity contribution < 1.29 is 9.53 Å². The van der Waals surface area contributed by atoms with E-state index >= 15 is 0 Å². The highest BCUT2D eigenvalue weighted by Gasteiger charge is 2.23. The van der Waals surface area contributed by atoms with Crippen molar-refractivity contribution in [1.29, 1.82) is 0 Å². The van der Waals surface area contributed by atoms with Gasteiger partial charge in [0, 0.05) is 13.1 Å². The Labute approximate surface area is 86.4 Å². The van der Waals surface area contributed by atoms with E-state index in [-0.39, 0.29) is 6.09 Å². The summed E-state index contributed by atoms with van der Waals surface area (Å²) >= 11 is 0. The molecule has 0 aromatic heterocycles. The molecule has 1 aliphatic rings. The summed E-state index contributed by atoms with van der Waals surface area (Å²) in [5, 5.41) is 0. The predicted octanol–water partition coefficient (Wildman–Crippen LogP) is 2.66. The summed E-state index contributed by atoms with van der Waals surface area (Å²) in [7, 11) is 0. The average molecular weight is 199 g/mol. The van der Waals surface area contributed by atoms with Gasteiger partial charge in [-0.2, -0.15) is 0 Å². The van der Waals surface area contributed by atoms with Crippen molar-refractivity contribution in [3.8, 4) is 0 Å². The van der Waals surface area contributed by atoms with E-state index in [0.29, 0.717) is 12.5 Å². The maximum atomic E-state index is 11.5. The normalized spacial score (nSPS) is 22.1. The SMILES string of the molecule is CCCC1CCCN(C(=O)OCC)C1. The zero-order valence-corrected chi connectivity index (χ0v) is 9.29. The molecule has 0 bridgehead atoms. The first kappa shape index (κ1) is 11.3. The molecule has 0 aliphatic carbocycles. The third-order valence-corrected chi connectivity index (χ3v) is 2.74. The summed E-state index contributed by atoms with van der Waals surface area (Å²) in [5.41, 5.74) is 0. The summed E-state index contributed by atoms with van der Waals surface area (Å²) in [4.78, 5) is 13.3. The summed E-state index contributed by atoms with van der Waals surface area (Å²) in [6.45, 7) is 6.30. The smallest absolute Gasteiger partial charge is 0.409 e. The molecule has 3 heteroatoms. The van der Waals surface area contributed by atoms with Crippen molar-refractivity contribution in [1.82, 2.24) is 4.90 Å². The summed E-state index contributed by atoms with van der Waals surface area (Å²) in [6.07, 6.45) is 4.71. The summed E-state index contributed by atoms with van der Waals surface area (Å²) in [5.74, 6) is 0.693. The molecule has 1 amide bonds. The van der Waals surface area contributed by atoms with Crippen LogP contribution in [-0.2, 0) is 4.74 Å². The van der Waals surface area contributed by atoms with Crippen LogP contribution in [0.25, 0.3) is 0 Å². The molecule has 0 aromatic rings. The van der Waals surface area contributed by atoms with Crippen LogP contribution in [0.5, 0.6) is 0 Å². The lowest BCUT2D eigenvalue weighted by Crippen LogP contribution is -2.40. The standard InChI is InChI=1S/C11H21NO2/c1-3-6-10-7-5-8-12(9-10)11(13)14-4-2/h10H,3-9H2,1-2H3. The lowest BCUT2D eigenvalue weighted by atomic mass is 9.94. The van der Waals surface area contributed by atoms with Gasteiger partial charge in [-0.3, -0.25) is 0 Å². The fourth-order valence-electron chi connectivity index (χ4n) is 2.09. The Morgan fingerprint density at radius 3 is 2.93 bits per heavy atom. The van der Waals surface area contributed by atoms with Crippen LogP contribution in [-0.4, -0.2) is 30.7 Å². The molecule has 1 rings (SSSR count). The van der Waals surface area contributed by atoms with Gasteiger partial charge in [-0.15, -0.1) is 0 Å². The van der Waals surface area contributed by atoms with E-state index < -0.39 is 0 Å². The van der Waals surface area contributed by atoms with Gasteiger partial charge in [-0.25, -0.2) is 4.79 Å². The van der Waals surface area contributed by atoms with Crippen molar-refractivity contribution in [2.45, 2.75) is 39.5 Å². The third-order valence-electron chi connectivity index (χ3n) is 2.74. The molecule has 1 saturated heterocycles. The van der Waals surface area contributed by atoms with E-state index in [9.17, 15) is 4.79 Å². The van der Waals surface area contributed by atoms with Crippen molar-refractivity contribution in [2.24, 2.45) is 5.92 Å². The highest BCUT2D eigenvalue weighted by molar-refractivity contribution is 5.67. The quantitative estimate of drug-likeness (QED) is 0.699. The summed E-state index contributed by atoms with van der Waals surface area (Å²) in [6, 6.07) is 0. The molecule has 1 unspecified atom stereocenters. The van der Waals surface area contributed by atoms with Crippen LogP contribution in [0.3, 0.4) is 0 Å². The zero-order chi connectivity index (χ0) is 10.4. The maximum absolute atomic E-state index is 11.5. The highest BCUT2D eigenvalue weighted by Crippen LogP contribution is 2.21. The van der Waals surface area contributed by atoms with Gasteiger partial charge < -0.3 is 9.64 Å². The number of hydrogen-bond acceptors (Lipinski definition) is 2. The number of hydrogen-bond donors (Lipinski definition) is 0. The molecular formula is C11H21NO2. The van der Waals surface area contributed by atoms with Gasteiger partial charge in [-0.05, 0) is 32.1 Å². The number of ether oxygens (including phenoxy) is 1. The number of likely N-dealkylation sites (tertiary alicyclic amines) is 1. The number of nitrogens with zero attached hydrogens (tertiary/aromatic N) is 1.